The van der Waals surface area contributed by atoms with Crippen LogP contribution in [0.15, 0.2) is 43.0 Å². The van der Waals surface area contributed by atoms with Gasteiger partial charge >= 0.3 is 0 Å². The van der Waals surface area contributed by atoms with Crippen molar-refractivity contribution in [3.05, 3.63) is 54.1 Å². The molecule has 2 rings (SSSR count). The molecule has 1 aromatic heterocycles. The lowest BCUT2D eigenvalue weighted by atomic mass is 10.1. The van der Waals surface area contributed by atoms with Crippen LogP contribution in [-0.4, -0.2) is 36.1 Å². The van der Waals surface area contributed by atoms with Gasteiger partial charge in [0.15, 0.2) is 5.78 Å². The number of rotatable bonds is 6. The lowest BCUT2D eigenvalue weighted by Gasteiger charge is -2.10. The lowest BCUT2D eigenvalue weighted by Crippen LogP contribution is -2.09. The van der Waals surface area contributed by atoms with Crippen LogP contribution in [-0.2, 0) is 4.74 Å². The number of carbonyl (C=O) groups is 1. The summed E-state index contributed by atoms with van der Waals surface area (Å²) in [6.45, 7) is 0.864. The Labute approximate surface area is 111 Å². The number of carbonyl (C=O) groups excluding carboxylic acids is 1. The monoisotopic (exact) mass is 258 g/mol. The number of hydrogen-bond acceptors (Lipinski definition) is 5. The normalized spacial score (nSPS) is 10.2. The molecule has 0 radical (unpaired) electrons. The maximum atomic E-state index is 12.3. The fraction of sp³-hybridized carbons (Fsp3) is 0.214. The first-order chi connectivity index (χ1) is 9.33. The zero-order chi connectivity index (χ0) is 13.5. The molecular weight excluding hydrogens is 244 g/mol. The predicted octanol–water partition coefficient (Wildman–Crippen LogP) is 1.73. The fourth-order valence-electron chi connectivity index (χ4n) is 1.59. The molecule has 98 valence electrons. The van der Waals surface area contributed by atoms with E-state index in [0.29, 0.717) is 30.1 Å². The highest BCUT2D eigenvalue weighted by Crippen LogP contribution is 2.20. The summed E-state index contributed by atoms with van der Waals surface area (Å²) < 4.78 is 10.5. The Morgan fingerprint density at radius 2 is 1.89 bits per heavy atom. The van der Waals surface area contributed by atoms with Gasteiger partial charge in [-0.1, -0.05) is 12.1 Å². The van der Waals surface area contributed by atoms with Gasteiger partial charge in [0.1, 0.15) is 18.7 Å². The Hall–Kier alpha value is -2.27. The number of methoxy groups -OCH3 is 1. The van der Waals surface area contributed by atoms with Gasteiger partial charge in [-0.2, -0.15) is 0 Å². The van der Waals surface area contributed by atoms with Crippen LogP contribution in [0.4, 0.5) is 0 Å². The van der Waals surface area contributed by atoms with Crippen molar-refractivity contribution in [3.8, 4) is 5.75 Å². The maximum Gasteiger partial charge on any atom is 0.199 e. The van der Waals surface area contributed by atoms with Crippen LogP contribution in [0.1, 0.15) is 15.9 Å². The highest BCUT2D eigenvalue weighted by atomic mass is 16.5. The zero-order valence-electron chi connectivity index (χ0n) is 10.6. The number of benzene rings is 1. The number of nitrogens with zero attached hydrogens (tertiary/aromatic N) is 2. The Morgan fingerprint density at radius 3 is 2.63 bits per heavy atom. The Balaban J connectivity index is 2.22. The second-order valence-electron chi connectivity index (χ2n) is 3.79. The number of para-hydroxylation sites is 1. The van der Waals surface area contributed by atoms with E-state index in [-0.39, 0.29) is 5.78 Å². The molecule has 0 saturated carbocycles. The van der Waals surface area contributed by atoms with Crippen LogP contribution in [0, 0.1) is 0 Å². The van der Waals surface area contributed by atoms with Gasteiger partial charge in [-0.05, 0) is 12.1 Å². The topological polar surface area (TPSA) is 61.3 Å². The molecule has 5 heteroatoms. The fourth-order valence-corrected chi connectivity index (χ4v) is 1.59. The van der Waals surface area contributed by atoms with Gasteiger partial charge in [-0.15, -0.1) is 0 Å². The first-order valence-electron chi connectivity index (χ1n) is 5.83. The molecule has 0 saturated heterocycles. The van der Waals surface area contributed by atoms with E-state index < -0.39 is 0 Å². The summed E-state index contributed by atoms with van der Waals surface area (Å²) in [4.78, 5) is 20.0. The van der Waals surface area contributed by atoms with Crippen LogP contribution >= 0.6 is 0 Å². The van der Waals surface area contributed by atoms with Gasteiger partial charge < -0.3 is 9.47 Å². The molecule has 0 aliphatic heterocycles. The van der Waals surface area contributed by atoms with Gasteiger partial charge in [-0.3, -0.25) is 4.79 Å². The molecule has 1 heterocycles. The molecule has 1 aromatic carbocycles. The predicted molar refractivity (Wildman–Crippen MR) is 69.3 cm³/mol. The van der Waals surface area contributed by atoms with Crippen LogP contribution in [0.25, 0.3) is 0 Å². The molecule has 2 aromatic rings. The van der Waals surface area contributed by atoms with Crippen LogP contribution in [0.5, 0.6) is 5.75 Å². The Morgan fingerprint density at radius 1 is 1.16 bits per heavy atom. The highest BCUT2D eigenvalue weighted by Gasteiger charge is 2.14. The largest absolute Gasteiger partial charge is 0.490 e. The minimum absolute atomic E-state index is 0.159. The van der Waals surface area contributed by atoms with Gasteiger partial charge in [0, 0.05) is 19.5 Å². The maximum absolute atomic E-state index is 12.3. The number of ketones is 1. The molecule has 0 fully saturated rings. The van der Waals surface area contributed by atoms with E-state index in [0.717, 1.165) is 0 Å². The van der Waals surface area contributed by atoms with Crippen molar-refractivity contribution in [2.45, 2.75) is 0 Å². The van der Waals surface area contributed by atoms with Gasteiger partial charge in [0.05, 0.1) is 17.7 Å². The summed E-state index contributed by atoms with van der Waals surface area (Å²) in [6, 6.07) is 7.09. The van der Waals surface area contributed by atoms with Crippen molar-refractivity contribution in [1.29, 1.82) is 0 Å². The highest BCUT2D eigenvalue weighted by molar-refractivity contribution is 6.10. The number of aromatic nitrogens is 2. The van der Waals surface area contributed by atoms with E-state index in [9.17, 15) is 4.79 Å². The van der Waals surface area contributed by atoms with Gasteiger partial charge in [-0.25, -0.2) is 9.97 Å². The Kier molecular flexibility index (Phi) is 4.58. The SMILES string of the molecule is COCCOc1ccccc1C(=O)c1cncnc1. The average Bonchev–Trinajstić information content (AvgIpc) is 2.48. The molecule has 0 spiro atoms. The van der Waals surface area contributed by atoms with E-state index in [2.05, 4.69) is 9.97 Å². The Bertz CT molecular complexity index is 543. The van der Waals surface area contributed by atoms with Gasteiger partial charge in [0.25, 0.3) is 0 Å². The van der Waals surface area contributed by atoms with E-state index >= 15 is 0 Å². The van der Waals surface area contributed by atoms with Crippen molar-refractivity contribution in [3.63, 3.8) is 0 Å². The summed E-state index contributed by atoms with van der Waals surface area (Å²) in [5, 5.41) is 0. The van der Waals surface area contributed by atoms with Crippen LogP contribution in [0.2, 0.25) is 0 Å². The molecule has 0 unspecified atom stereocenters. The number of ether oxygens (including phenoxy) is 2. The first kappa shape index (κ1) is 13.2. The number of hydrogen-bond donors (Lipinski definition) is 0. The van der Waals surface area contributed by atoms with E-state index in [1.165, 1.54) is 18.7 Å². The second kappa shape index (κ2) is 6.61. The summed E-state index contributed by atoms with van der Waals surface area (Å²) >= 11 is 0. The van der Waals surface area contributed by atoms with Crippen molar-refractivity contribution in [2.24, 2.45) is 0 Å². The standard InChI is InChI=1S/C14H14N2O3/c1-18-6-7-19-13-5-3-2-4-12(13)14(17)11-8-15-10-16-9-11/h2-5,8-10H,6-7H2,1H3. The summed E-state index contributed by atoms with van der Waals surface area (Å²) in [6.07, 6.45) is 4.36. The van der Waals surface area contributed by atoms with Crippen molar-refractivity contribution >= 4 is 5.78 Å². The van der Waals surface area contributed by atoms with E-state index in [1.807, 2.05) is 6.07 Å². The van der Waals surface area contributed by atoms with Crippen molar-refractivity contribution in [2.75, 3.05) is 20.3 Å². The van der Waals surface area contributed by atoms with E-state index in [1.54, 1.807) is 25.3 Å². The molecule has 0 amide bonds. The quantitative estimate of drug-likeness (QED) is 0.583. The zero-order valence-corrected chi connectivity index (χ0v) is 10.6. The molecule has 0 aliphatic rings. The van der Waals surface area contributed by atoms with Crippen molar-refractivity contribution < 1.29 is 14.3 Å². The molecule has 0 N–H and O–H groups in total. The summed E-state index contributed by atoms with van der Waals surface area (Å²) in [5.41, 5.74) is 0.929. The van der Waals surface area contributed by atoms with Gasteiger partial charge in [0.2, 0.25) is 0 Å². The van der Waals surface area contributed by atoms with Crippen LogP contribution < -0.4 is 4.74 Å². The molecule has 5 nitrogen and oxygen atoms in total. The first-order valence-corrected chi connectivity index (χ1v) is 5.83. The molecular formula is C14H14N2O3. The summed E-state index contributed by atoms with van der Waals surface area (Å²) in [7, 11) is 1.60. The molecule has 0 aliphatic carbocycles. The smallest absolute Gasteiger partial charge is 0.199 e. The summed E-state index contributed by atoms with van der Waals surface area (Å²) in [5.74, 6) is 0.377. The van der Waals surface area contributed by atoms with E-state index in [4.69, 9.17) is 9.47 Å². The third-order valence-corrected chi connectivity index (χ3v) is 2.50. The molecule has 0 atom stereocenters. The lowest BCUT2D eigenvalue weighted by molar-refractivity contribution is 0.103. The minimum atomic E-state index is -0.159. The molecule has 19 heavy (non-hydrogen) atoms. The van der Waals surface area contributed by atoms with Crippen LogP contribution in [0.3, 0.4) is 0 Å². The third kappa shape index (κ3) is 3.35. The second-order valence-corrected chi connectivity index (χ2v) is 3.79. The molecule has 0 bridgehead atoms. The average molecular weight is 258 g/mol. The third-order valence-electron chi connectivity index (χ3n) is 2.50. The minimum Gasteiger partial charge on any atom is -0.490 e. The van der Waals surface area contributed by atoms with Crippen molar-refractivity contribution in [1.82, 2.24) is 9.97 Å².